The van der Waals surface area contributed by atoms with Crippen LogP contribution in [0.3, 0.4) is 0 Å². The predicted molar refractivity (Wildman–Crippen MR) is 81.4 cm³/mol. The fourth-order valence-corrected chi connectivity index (χ4v) is 4.05. The highest BCUT2D eigenvalue weighted by molar-refractivity contribution is 7.91. The molecule has 0 unspecified atom stereocenters. The van der Waals surface area contributed by atoms with Crippen molar-refractivity contribution in [3.05, 3.63) is 0 Å². The Labute approximate surface area is 131 Å². The maximum absolute atomic E-state index is 11.7. The lowest BCUT2D eigenvalue weighted by molar-refractivity contribution is -0.138. The van der Waals surface area contributed by atoms with Gasteiger partial charge in [0.2, 0.25) is 0 Å². The molecule has 0 spiro atoms. The smallest absolute Gasteiger partial charge is 0.407 e. The Hall–Kier alpha value is -1.31. The van der Waals surface area contributed by atoms with Crippen LogP contribution in [-0.4, -0.2) is 49.2 Å². The average molecular weight is 335 g/mol. The van der Waals surface area contributed by atoms with Gasteiger partial charge in [-0.2, -0.15) is 0 Å². The highest BCUT2D eigenvalue weighted by Gasteiger charge is 2.31. The molecule has 22 heavy (non-hydrogen) atoms. The molecule has 0 aromatic rings. The number of amides is 1. The number of carbonyl (C=O) groups excluding carboxylic acids is 1. The lowest BCUT2D eigenvalue weighted by atomic mass is 9.85. The summed E-state index contributed by atoms with van der Waals surface area (Å²) in [7, 11) is -3.13. The molecule has 1 aliphatic rings. The molecule has 0 bridgehead atoms. The van der Waals surface area contributed by atoms with Crippen molar-refractivity contribution in [3.63, 3.8) is 0 Å². The van der Waals surface area contributed by atoms with Gasteiger partial charge in [0.25, 0.3) is 0 Å². The van der Waals surface area contributed by atoms with E-state index in [1.165, 1.54) is 0 Å². The van der Waals surface area contributed by atoms with E-state index in [0.29, 0.717) is 12.8 Å². The van der Waals surface area contributed by atoms with E-state index in [-0.39, 0.29) is 36.3 Å². The van der Waals surface area contributed by atoms with Crippen molar-refractivity contribution in [2.45, 2.75) is 45.6 Å². The second-order valence-electron chi connectivity index (χ2n) is 6.73. The Balaban J connectivity index is 2.66. The number of carboxylic acid groups (broad SMARTS) is 1. The molecule has 1 fully saturated rings. The van der Waals surface area contributed by atoms with Crippen molar-refractivity contribution in [1.29, 1.82) is 0 Å². The Morgan fingerprint density at radius 1 is 1.18 bits per heavy atom. The summed E-state index contributed by atoms with van der Waals surface area (Å²) < 4.78 is 28.6. The number of rotatable bonds is 4. The first-order chi connectivity index (χ1) is 9.98. The van der Waals surface area contributed by atoms with E-state index in [2.05, 4.69) is 5.32 Å². The number of ether oxygens (including phenoxy) is 1. The third kappa shape index (κ3) is 7.11. The zero-order valence-electron chi connectivity index (χ0n) is 13.3. The minimum Gasteiger partial charge on any atom is -0.481 e. The van der Waals surface area contributed by atoms with Gasteiger partial charge in [0.15, 0.2) is 0 Å². The average Bonchev–Trinajstić information content (AvgIpc) is 2.45. The zero-order valence-corrected chi connectivity index (χ0v) is 14.1. The lowest BCUT2D eigenvalue weighted by Crippen LogP contribution is -2.37. The van der Waals surface area contributed by atoms with Crippen LogP contribution in [0.15, 0.2) is 0 Å². The van der Waals surface area contributed by atoms with Gasteiger partial charge in [-0.15, -0.1) is 0 Å². The van der Waals surface area contributed by atoms with Gasteiger partial charge in [0, 0.05) is 13.0 Å². The van der Waals surface area contributed by atoms with Gasteiger partial charge in [-0.1, -0.05) is 0 Å². The predicted octanol–water partition coefficient (Wildman–Crippen LogP) is 1.43. The molecule has 1 rings (SSSR count). The van der Waals surface area contributed by atoms with E-state index in [0.717, 1.165) is 0 Å². The van der Waals surface area contributed by atoms with E-state index < -0.39 is 27.5 Å². The van der Waals surface area contributed by atoms with Gasteiger partial charge in [0.1, 0.15) is 15.4 Å². The third-order valence-electron chi connectivity index (χ3n) is 3.61. The summed E-state index contributed by atoms with van der Waals surface area (Å²) in [5, 5.41) is 11.6. The molecule has 7 nitrogen and oxygen atoms in total. The number of carboxylic acids is 1. The van der Waals surface area contributed by atoms with Crippen LogP contribution in [0.1, 0.15) is 40.0 Å². The van der Waals surface area contributed by atoms with E-state index in [9.17, 15) is 18.0 Å². The molecule has 0 aromatic carbocycles. The van der Waals surface area contributed by atoms with Gasteiger partial charge in [-0.05, 0) is 45.4 Å². The van der Waals surface area contributed by atoms with Crippen molar-refractivity contribution in [2.75, 3.05) is 18.1 Å². The van der Waals surface area contributed by atoms with Crippen LogP contribution in [-0.2, 0) is 19.4 Å². The summed E-state index contributed by atoms with van der Waals surface area (Å²) in [5.41, 5.74) is -0.614. The Morgan fingerprint density at radius 3 is 2.23 bits per heavy atom. The molecule has 1 saturated heterocycles. The summed E-state index contributed by atoms with van der Waals surface area (Å²) >= 11 is 0. The van der Waals surface area contributed by atoms with Gasteiger partial charge in [-0.3, -0.25) is 4.79 Å². The highest BCUT2D eigenvalue weighted by atomic mass is 32.2. The number of hydrogen-bond acceptors (Lipinski definition) is 5. The van der Waals surface area contributed by atoms with Crippen LogP contribution in [0.4, 0.5) is 4.79 Å². The van der Waals surface area contributed by atoms with E-state index in [1.54, 1.807) is 20.8 Å². The Bertz CT molecular complexity index is 508. The van der Waals surface area contributed by atoms with Crippen molar-refractivity contribution >= 4 is 21.9 Å². The molecule has 0 aromatic heterocycles. The van der Waals surface area contributed by atoms with Crippen LogP contribution >= 0.6 is 0 Å². The molecule has 0 saturated carbocycles. The minimum absolute atomic E-state index is 0.00782. The molecule has 128 valence electrons. The monoisotopic (exact) mass is 335 g/mol. The maximum Gasteiger partial charge on any atom is 0.407 e. The molecule has 2 atom stereocenters. The van der Waals surface area contributed by atoms with Gasteiger partial charge >= 0.3 is 12.1 Å². The maximum atomic E-state index is 11.7. The van der Waals surface area contributed by atoms with Crippen LogP contribution < -0.4 is 5.32 Å². The van der Waals surface area contributed by atoms with Crippen molar-refractivity contribution < 1.29 is 27.9 Å². The molecular formula is C14H25NO6S. The second-order valence-corrected chi connectivity index (χ2v) is 9.03. The summed E-state index contributed by atoms with van der Waals surface area (Å²) in [6.45, 7) is 5.47. The molecule has 1 heterocycles. The number of hydrogen-bond donors (Lipinski definition) is 2. The van der Waals surface area contributed by atoms with E-state index in [1.807, 2.05) is 0 Å². The standard InChI is InChI=1S/C14H25NO6S/c1-14(2,3)21-13(18)15-9-11-5-7-22(19,20)6-4-10(11)8-12(16)17/h10-11H,4-9H2,1-3H3,(H,15,18)(H,16,17)/t10-,11-/m0/s1. The molecule has 1 amide bonds. The van der Waals surface area contributed by atoms with Gasteiger partial charge in [0.05, 0.1) is 11.5 Å². The van der Waals surface area contributed by atoms with Crippen LogP contribution in [0.2, 0.25) is 0 Å². The summed E-state index contributed by atoms with van der Waals surface area (Å²) in [6, 6.07) is 0. The number of nitrogens with one attached hydrogen (secondary N) is 1. The largest absolute Gasteiger partial charge is 0.481 e. The first-order valence-electron chi connectivity index (χ1n) is 7.37. The fraction of sp³-hybridized carbons (Fsp3) is 0.857. The summed E-state index contributed by atoms with van der Waals surface area (Å²) in [6.07, 6.45) is 0.00959. The third-order valence-corrected chi connectivity index (χ3v) is 5.33. The second kappa shape index (κ2) is 7.30. The summed E-state index contributed by atoms with van der Waals surface area (Å²) in [5.74, 6) is -1.35. The highest BCUT2D eigenvalue weighted by Crippen LogP contribution is 2.28. The van der Waals surface area contributed by atoms with Crippen molar-refractivity contribution in [3.8, 4) is 0 Å². The molecule has 0 radical (unpaired) electrons. The first kappa shape index (κ1) is 18.7. The van der Waals surface area contributed by atoms with Gasteiger partial charge in [-0.25, -0.2) is 13.2 Å². The van der Waals surface area contributed by atoms with Crippen LogP contribution in [0.5, 0.6) is 0 Å². The van der Waals surface area contributed by atoms with Crippen molar-refractivity contribution in [2.24, 2.45) is 11.8 Å². The zero-order chi connectivity index (χ0) is 17.0. The minimum atomic E-state index is -3.13. The topological polar surface area (TPSA) is 110 Å². The number of sulfone groups is 1. The molecular weight excluding hydrogens is 310 g/mol. The van der Waals surface area contributed by atoms with Crippen molar-refractivity contribution in [1.82, 2.24) is 5.32 Å². The van der Waals surface area contributed by atoms with E-state index in [4.69, 9.17) is 9.84 Å². The number of carbonyl (C=O) groups is 2. The molecule has 1 aliphatic heterocycles. The quantitative estimate of drug-likeness (QED) is 0.804. The SMILES string of the molecule is CC(C)(C)OC(=O)NC[C@@H]1CCS(=O)(=O)CC[C@H]1CC(=O)O. The fourth-order valence-electron chi connectivity index (χ4n) is 2.53. The van der Waals surface area contributed by atoms with Gasteiger partial charge < -0.3 is 15.2 Å². The first-order valence-corrected chi connectivity index (χ1v) is 9.20. The summed E-state index contributed by atoms with van der Waals surface area (Å²) in [4.78, 5) is 22.6. The molecule has 8 heteroatoms. The number of alkyl carbamates (subject to hydrolysis) is 1. The lowest BCUT2D eigenvalue weighted by Gasteiger charge is -2.25. The molecule has 0 aliphatic carbocycles. The number of aliphatic carboxylic acids is 1. The Morgan fingerprint density at radius 2 is 1.73 bits per heavy atom. The van der Waals surface area contributed by atoms with Crippen LogP contribution in [0, 0.1) is 11.8 Å². The normalized spacial score (nSPS) is 25.0. The van der Waals surface area contributed by atoms with Crippen LogP contribution in [0.25, 0.3) is 0 Å². The molecule has 2 N–H and O–H groups in total. The van der Waals surface area contributed by atoms with E-state index >= 15 is 0 Å². The Kier molecular flexibility index (Phi) is 6.22.